The number of hydrogen-bond donors (Lipinski definition) is 3. The number of methoxy groups -OCH3 is 1. The normalized spacial score (nSPS) is 27.8. The number of hydrogen-bond acceptors (Lipinski definition) is 8. The molecular formula is C34H27BrClFN4O7. The van der Waals surface area contributed by atoms with Crippen LogP contribution >= 0.6 is 27.5 Å². The van der Waals surface area contributed by atoms with Crippen molar-refractivity contribution in [3.8, 4) is 11.5 Å². The largest absolute Gasteiger partial charge is 0.503 e. The number of urea groups is 1. The van der Waals surface area contributed by atoms with Gasteiger partial charge in [0.1, 0.15) is 5.82 Å². The Kier molecular flexibility index (Phi) is 7.59. The molecule has 0 aromatic heterocycles. The number of primary amides is 1. The first-order valence-electron chi connectivity index (χ1n) is 15.0. The summed E-state index contributed by atoms with van der Waals surface area (Å²) < 4.78 is 19.5. The number of halogens is 3. The molecule has 11 nitrogen and oxygen atoms in total. The Labute approximate surface area is 286 Å². The summed E-state index contributed by atoms with van der Waals surface area (Å²) in [5.41, 5.74) is 8.50. The minimum atomic E-state index is -1.64. The number of ether oxygens (including phenoxy) is 1. The number of aromatic hydroxyl groups is 1. The minimum Gasteiger partial charge on any atom is -0.503 e. The maximum atomic E-state index is 15.1. The van der Waals surface area contributed by atoms with Gasteiger partial charge in [0.25, 0.3) is 11.8 Å². The molecule has 4 N–H and O–H groups in total. The molecule has 6 amide bonds. The van der Waals surface area contributed by atoms with Crippen molar-refractivity contribution in [3.63, 3.8) is 0 Å². The fraction of sp³-hybridized carbons (Fsp3) is 0.265. The number of carbonyl (C=O) groups is 5. The molecule has 2 aliphatic heterocycles. The third kappa shape index (κ3) is 4.47. The highest BCUT2D eigenvalue weighted by atomic mass is 79.9. The second-order valence-electron chi connectivity index (χ2n) is 12.3. The average Bonchev–Trinajstić information content (AvgIpc) is 3.44. The van der Waals surface area contributed by atoms with Crippen LogP contribution in [-0.4, -0.2) is 51.8 Å². The molecule has 3 fully saturated rings. The number of amides is 6. The van der Waals surface area contributed by atoms with E-state index in [0.717, 1.165) is 5.01 Å². The van der Waals surface area contributed by atoms with E-state index >= 15 is 4.79 Å². The van der Waals surface area contributed by atoms with Crippen molar-refractivity contribution in [3.05, 3.63) is 98.8 Å². The summed E-state index contributed by atoms with van der Waals surface area (Å²) in [5, 5.41) is 12.1. The molecule has 48 heavy (non-hydrogen) atoms. The first-order chi connectivity index (χ1) is 22.9. The second kappa shape index (κ2) is 11.4. The van der Waals surface area contributed by atoms with Crippen molar-refractivity contribution < 1.29 is 38.2 Å². The first-order valence-corrected chi connectivity index (χ1v) is 16.2. The van der Waals surface area contributed by atoms with Crippen molar-refractivity contribution in [2.24, 2.45) is 29.4 Å². The molecule has 4 aliphatic rings. The number of rotatable bonds is 5. The molecule has 7 rings (SSSR count). The number of benzene rings is 3. The van der Waals surface area contributed by atoms with Crippen LogP contribution in [0.15, 0.2) is 76.8 Å². The minimum absolute atomic E-state index is 0.0275. The quantitative estimate of drug-likeness (QED) is 0.243. The van der Waals surface area contributed by atoms with Gasteiger partial charge in [-0.15, -0.1) is 0 Å². The summed E-state index contributed by atoms with van der Waals surface area (Å²) in [6.07, 6.45) is 1.86. The van der Waals surface area contributed by atoms with Crippen LogP contribution < -0.4 is 15.9 Å². The topological polar surface area (TPSA) is 159 Å². The Bertz CT molecular complexity index is 1960. The number of phenolic OH excluding ortho intramolecular Hbond substituents is 1. The van der Waals surface area contributed by atoms with Gasteiger partial charge in [0.05, 0.1) is 40.4 Å². The summed E-state index contributed by atoms with van der Waals surface area (Å²) in [7, 11) is 1.37. The maximum absolute atomic E-state index is 15.1. The smallest absolute Gasteiger partial charge is 0.328 e. The van der Waals surface area contributed by atoms with E-state index in [4.69, 9.17) is 22.1 Å². The van der Waals surface area contributed by atoms with E-state index in [1.807, 2.05) is 0 Å². The van der Waals surface area contributed by atoms with Gasteiger partial charge in [-0.1, -0.05) is 35.4 Å². The van der Waals surface area contributed by atoms with Gasteiger partial charge in [0.15, 0.2) is 11.5 Å². The number of hydrazine groups is 1. The predicted octanol–water partition coefficient (Wildman–Crippen LogP) is 5.02. The highest BCUT2D eigenvalue weighted by molar-refractivity contribution is 9.10. The van der Waals surface area contributed by atoms with Crippen LogP contribution in [0.3, 0.4) is 0 Å². The second-order valence-corrected chi connectivity index (χ2v) is 13.6. The number of phenols is 1. The van der Waals surface area contributed by atoms with Crippen LogP contribution in [0.5, 0.6) is 11.5 Å². The van der Waals surface area contributed by atoms with Crippen molar-refractivity contribution in [2.75, 3.05) is 12.5 Å². The summed E-state index contributed by atoms with van der Waals surface area (Å²) >= 11 is 9.69. The molecule has 3 aromatic carbocycles. The highest BCUT2D eigenvalue weighted by Gasteiger charge is 2.70. The number of likely N-dealkylation sites (tertiary alicyclic amines) is 1. The molecule has 0 spiro atoms. The molecular weight excluding hydrogens is 711 g/mol. The SMILES string of the molecule is COc1cc([C@H]2C3=CC[C@@H]4C(=O)N(C(N)=O)C(=O)[C@@H]4[C@@H]3C[C@H]3C(=O)N(Nc4ccc(F)cc4)C(=O)[C@@]23c2ccc(Cl)cc2)cc(Br)c1O. The lowest BCUT2D eigenvalue weighted by atomic mass is 9.49. The predicted molar refractivity (Wildman–Crippen MR) is 173 cm³/mol. The zero-order valence-corrected chi connectivity index (χ0v) is 27.5. The Hall–Kier alpha value is -4.75. The van der Waals surface area contributed by atoms with E-state index in [1.165, 1.54) is 31.4 Å². The highest BCUT2D eigenvalue weighted by Crippen LogP contribution is 2.64. The fourth-order valence-corrected chi connectivity index (χ4v) is 8.75. The van der Waals surface area contributed by atoms with Crippen LogP contribution in [-0.2, 0) is 24.6 Å². The number of carbonyl (C=O) groups excluding carboxylic acids is 5. The number of allylic oxidation sites excluding steroid dienone is 2. The van der Waals surface area contributed by atoms with Crippen LogP contribution in [0.1, 0.15) is 29.9 Å². The molecule has 246 valence electrons. The molecule has 0 radical (unpaired) electrons. The van der Waals surface area contributed by atoms with Crippen molar-refractivity contribution in [1.29, 1.82) is 0 Å². The van der Waals surface area contributed by atoms with Gasteiger partial charge in [-0.3, -0.25) is 24.6 Å². The van der Waals surface area contributed by atoms with Gasteiger partial charge in [-0.05, 0) is 94.3 Å². The van der Waals surface area contributed by atoms with Crippen molar-refractivity contribution in [2.45, 2.75) is 24.2 Å². The van der Waals surface area contributed by atoms with Crippen molar-refractivity contribution >= 4 is 62.9 Å². The number of nitrogens with one attached hydrogen (secondary N) is 1. The number of imide groups is 4. The summed E-state index contributed by atoms with van der Waals surface area (Å²) in [5.74, 6) is -8.01. The molecule has 3 aromatic rings. The zero-order valence-electron chi connectivity index (χ0n) is 25.2. The standard InChI is InChI=1S/C34H27BrClFN4O7/c1-48-25-13-15(12-24(35)28(25)42)27-20-10-11-21-26(31(45)40(29(21)43)33(38)47)22(20)14-23-30(44)41(39-19-8-6-18(37)7-9-19)32(46)34(23,27)16-2-4-17(36)5-3-16/h2-10,12-13,21-23,26-27,39,42H,11,14H2,1H3,(H2,38,47)/t21-,22+,23-,26-,27-,34+/m0/s1. The molecule has 2 saturated heterocycles. The van der Waals surface area contributed by atoms with Gasteiger partial charge in [-0.25, -0.2) is 9.18 Å². The fourth-order valence-electron chi connectivity index (χ4n) is 8.16. The first kappa shape index (κ1) is 31.8. The Balaban J connectivity index is 1.49. The van der Waals surface area contributed by atoms with Gasteiger partial charge < -0.3 is 15.6 Å². The third-order valence-corrected chi connectivity index (χ3v) is 10.9. The van der Waals surface area contributed by atoms with E-state index in [9.17, 15) is 28.7 Å². The summed E-state index contributed by atoms with van der Waals surface area (Å²) in [6, 6.07) is 13.7. The monoisotopic (exact) mass is 736 g/mol. The van der Waals surface area contributed by atoms with Crippen LogP contribution in [0, 0.1) is 29.5 Å². The van der Waals surface area contributed by atoms with Crippen molar-refractivity contribution in [1.82, 2.24) is 9.91 Å². The Morgan fingerprint density at radius 2 is 1.73 bits per heavy atom. The lowest BCUT2D eigenvalue weighted by molar-refractivity contribution is -0.139. The average molecular weight is 738 g/mol. The van der Waals surface area contributed by atoms with Gasteiger partial charge in [-0.2, -0.15) is 9.91 Å². The molecule has 0 bridgehead atoms. The lowest BCUT2D eigenvalue weighted by Crippen LogP contribution is -2.53. The molecule has 2 aliphatic carbocycles. The molecule has 0 unspecified atom stereocenters. The van der Waals surface area contributed by atoms with Crippen LogP contribution in [0.4, 0.5) is 14.9 Å². The van der Waals surface area contributed by atoms with Gasteiger partial charge in [0.2, 0.25) is 11.8 Å². The lowest BCUT2D eigenvalue weighted by Gasteiger charge is -2.50. The van der Waals surface area contributed by atoms with E-state index in [2.05, 4.69) is 21.4 Å². The molecule has 14 heteroatoms. The third-order valence-electron chi connectivity index (χ3n) is 10.1. The van der Waals surface area contributed by atoms with Gasteiger partial charge in [0, 0.05) is 10.9 Å². The number of nitrogens with zero attached hydrogens (tertiary/aromatic N) is 2. The zero-order chi connectivity index (χ0) is 34.2. The molecule has 1 saturated carbocycles. The molecule has 2 heterocycles. The summed E-state index contributed by atoms with van der Waals surface area (Å²) in [4.78, 5) is 69.4. The summed E-state index contributed by atoms with van der Waals surface area (Å²) in [6.45, 7) is 0. The van der Waals surface area contributed by atoms with E-state index < -0.39 is 70.5 Å². The van der Waals surface area contributed by atoms with E-state index in [-0.39, 0.29) is 34.5 Å². The number of anilines is 1. The van der Waals surface area contributed by atoms with E-state index in [1.54, 1.807) is 42.5 Å². The van der Waals surface area contributed by atoms with Crippen LogP contribution in [0.2, 0.25) is 5.02 Å². The maximum Gasteiger partial charge on any atom is 0.328 e. The Morgan fingerprint density at radius 1 is 1.04 bits per heavy atom. The van der Waals surface area contributed by atoms with E-state index in [0.29, 0.717) is 26.6 Å². The Morgan fingerprint density at radius 3 is 2.38 bits per heavy atom. The van der Waals surface area contributed by atoms with Crippen LogP contribution in [0.25, 0.3) is 0 Å². The number of fused-ring (bicyclic) bond motifs is 4. The molecule has 6 atom stereocenters. The number of nitrogens with two attached hydrogens (primary N) is 1. The van der Waals surface area contributed by atoms with Gasteiger partial charge >= 0.3 is 6.03 Å².